The molecule has 0 heterocycles. The largest absolute Gasteiger partial charge is 0.310 e. The molecule has 13 rings (SSSR count). The van der Waals surface area contributed by atoms with Gasteiger partial charge in [-0.15, -0.1) is 0 Å². The zero-order valence-electron chi connectivity index (χ0n) is 39.7. The summed E-state index contributed by atoms with van der Waals surface area (Å²) >= 11 is 0. The van der Waals surface area contributed by atoms with Crippen LogP contribution < -0.4 is 4.90 Å². The molecule has 72 heavy (non-hydrogen) atoms. The van der Waals surface area contributed by atoms with E-state index in [1.54, 1.807) is 0 Å². The summed E-state index contributed by atoms with van der Waals surface area (Å²) in [4.78, 5) is 2.39. The molecule has 338 valence electrons. The standard InChI is InChI=1S/C71H49N/c1-4-18-50(19-5-1)56-22-14-23-57(48-56)58-24-15-29-63(49-58)72(61-44-40-52(41-45-61)51-36-38-54(39-37-51)65-32-16-21-53-20-10-11-30-64(53)65)62-46-42-55(43-47-62)66-33-17-35-69-70(66)67-31-12-13-34-68(67)71(69,59-25-6-2-7-26-59)60-27-8-3-9-28-60/h1-49H. The highest BCUT2D eigenvalue weighted by molar-refractivity contribution is 5.98. The fourth-order valence-corrected chi connectivity index (χ4v) is 11.4. The predicted octanol–water partition coefficient (Wildman–Crippen LogP) is 19.0. The van der Waals surface area contributed by atoms with Crippen LogP contribution in [-0.4, -0.2) is 0 Å². The van der Waals surface area contributed by atoms with Crippen LogP contribution in [0.4, 0.5) is 17.1 Å². The zero-order valence-corrected chi connectivity index (χ0v) is 39.7. The molecule has 0 bridgehead atoms. The minimum absolute atomic E-state index is 0.461. The molecule has 0 atom stereocenters. The minimum atomic E-state index is -0.461. The lowest BCUT2D eigenvalue weighted by Gasteiger charge is -2.34. The van der Waals surface area contributed by atoms with Crippen molar-refractivity contribution in [1.82, 2.24) is 0 Å². The Balaban J connectivity index is 0.902. The van der Waals surface area contributed by atoms with Crippen molar-refractivity contribution in [1.29, 1.82) is 0 Å². The molecule has 0 aromatic heterocycles. The monoisotopic (exact) mass is 915 g/mol. The molecule has 0 saturated carbocycles. The van der Waals surface area contributed by atoms with Crippen molar-refractivity contribution < 1.29 is 0 Å². The molecular formula is C71H49N. The topological polar surface area (TPSA) is 3.24 Å². The van der Waals surface area contributed by atoms with E-state index in [4.69, 9.17) is 0 Å². The van der Waals surface area contributed by atoms with Crippen LogP contribution in [0.2, 0.25) is 0 Å². The molecule has 0 N–H and O–H groups in total. The normalized spacial score (nSPS) is 12.3. The number of nitrogens with zero attached hydrogens (tertiary/aromatic N) is 1. The maximum absolute atomic E-state index is 2.39. The molecule has 12 aromatic carbocycles. The van der Waals surface area contributed by atoms with Crippen LogP contribution in [0, 0.1) is 0 Å². The highest BCUT2D eigenvalue weighted by Gasteiger charge is 2.46. The van der Waals surface area contributed by atoms with E-state index >= 15 is 0 Å². The second-order valence-electron chi connectivity index (χ2n) is 18.8. The van der Waals surface area contributed by atoms with Crippen LogP contribution in [0.3, 0.4) is 0 Å². The van der Waals surface area contributed by atoms with Gasteiger partial charge in [-0.05, 0) is 142 Å². The lowest BCUT2D eigenvalue weighted by Crippen LogP contribution is -2.28. The van der Waals surface area contributed by atoms with Gasteiger partial charge in [0.1, 0.15) is 0 Å². The molecule has 0 spiro atoms. The second kappa shape index (κ2) is 18.2. The summed E-state index contributed by atoms with van der Waals surface area (Å²) in [6, 6.07) is 109. The third-order valence-electron chi connectivity index (χ3n) is 14.8. The maximum Gasteiger partial charge on any atom is 0.0713 e. The Hall–Kier alpha value is -9.30. The summed E-state index contributed by atoms with van der Waals surface area (Å²) in [5, 5.41) is 2.52. The average Bonchev–Trinajstić information content (AvgIpc) is 3.78. The van der Waals surface area contributed by atoms with Crippen LogP contribution in [0.1, 0.15) is 22.3 Å². The van der Waals surface area contributed by atoms with Gasteiger partial charge in [0, 0.05) is 17.1 Å². The number of hydrogen-bond donors (Lipinski definition) is 0. The summed E-state index contributed by atoms with van der Waals surface area (Å²) in [5.41, 5.74) is 22.5. The third-order valence-corrected chi connectivity index (χ3v) is 14.8. The Labute approximate surface area is 422 Å². The smallest absolute Gasteiger partial charge is 0.0713 e. The van der Waals surface area contributed by atoms with Crippen LogP contribution >= 0.6 is 0 Å². The number of fused-ring (bicyclic) bond motifs is 4. The highest BCUT2D eigenvalue weighted by atomic mass is 15.1. The molecule has 1 aliphatic rings. The summed E-state index contributed by atoms with van der Waals surface area (Å²) < 4.78 is 0. The Morgan fingerprint density at radius 2 is 0.653 bits per heavy atom. The van der Waals surface area contributed by atoms with E-state index in [1.807, 2.05) is 0 Å². The van der Waals surface area contributed by atoms with Gasteiger partial charge >= 0.3 is 0 Å². The number of rotatable bonds is 10. The summed E-state index contributed by atoms with van der Waals surface area (Å²) in [5.74, 6) is 0. The van der Waals surface area contributed by atoms with Crippen molar-refractivity contribution in [3.05, 3.63) is 320 Å². The van der Waals surface area contributed by atoms with Gasteiger partial charge in [-0.1, -0.05) is 255 Å². The number of anilines is 3. The quantitative estimate of drug-likeness (QED) is 0.132. The molecular weight excluding hydrogens is 867 g/mol. The van der Waals surface area contributed by atoms with Gasteiger partial charge in [-0.2, -0.15) is 0 Å². The van der Waals surface area contributed by atoms with Gasteiger partial charge < -0.3 is 4.90 Å². The van der Waals surface area contributed by atoms with Crippen molar-refractivity contribution in [3.63, 3.8) is 0 Å². The molecule has 0 saturated heterocycles. The van der Waals surface area contributed by atoms with Gasteiger partial charge in [0.15, 0.2) is 0 Å². The third kappa shape index (κ3) is 7.42. The lowest BCUT2D eigenvalue weighted by molar-refractivity contribution is 0.768. The second-order valence-corrected chi connectivity index (χ2v) is 18.8. The lowest BCUT2D eigenvalue weighted by atomic mass is 9.67. The summed E-state index contributed by atoms with van der Waals surface area (Å²) in [6.07, 6.45) is 0. The Kier molecular flexibility index (Phi) is 10.8. The van der Waals surface area contributed by atoms with E-state index in [1.165, 1.54) is 94.2 Å². The van der Waals surface area contributed by atoms with Gasteiger partial charge in [0.2, 0.25) is 0 Å². The summed E-state index contributed by atoms with van der Waals surface area (Å²) in [6.45, 7) is 0. The fourth-order valence-electron chi connectivity index (χ4n) is 11.4. The SMILES string of the molecule is c1ccc(-c2cccc(-c3cccc(N(c4ccc(-c5ccc(-c6cccc7ccccc67)cc5)cc4)c4ccc(-c5cccc6c5-c5ccccc5C6(c5ccccc5)c5ccccc5)cc4)c3)c2)cc1. The molecule has 0 unspecified atom stereocenters. The van der Waals surface area contributed by atoms with Crippen molar-refractivity contribution in [2.24, 2.45) is 0 Å². The zero-order chi connectivity index (χ0) is 47.8. The van der Waals surface area contributed by atoms with E-state index in [0.717, 1.165) is 22.6 Å². The van der Waals surface area contributed by atoms with E-state index in [2.05, 4.69) is 302 Å². The molecule has 1 nitrogen and oxygen atoms in total. The first-order valence-electron chi connectivity index (χ1n) is 24.9. The van der Waals surface area contributed by atoms with E-state index in [0.29, 0.717) is 0 Å². The Morgan fingerprint density at radius 3 is 1.35 bits per heavy atom. The predicted molar refractivity (Wildman–Crippen MR) is 303 cm³/mol. The van der Waals surface area contributed by atoms with Crippen LogP contribution in [-0.2, 0) is 5.41 Å². The van der Waals surface area contributed by atoms with Crippen molar-refractivity contribution in [2.75, 3.05) is 4.90 Å². The number of hydrogen-bond acceptors (Lipinski definition) is 1. The first-order valence-corrected chi connectivity index (χ1v) is 24.9. The highest BCUT2D eigenvalue weighted by Crippen LogP contribution is 2.58. The average molecular weight is 916 g/mol. The van der Waals surface area contributed by atoms with E-state index in [-0.39, 0.29) is 0 Å². The summed E-state index contributed by atoms with van der Waals surface area (Å²) in [7, 11) is 0. The fraction of sp³-hybridized carbons (Fsp3) is 0.0141. The molecule has 12 aromatic rings. The minimum Gasteiger partial charge on any atom is -0.310 e. The molecule has 0 fully saturated rings. The molecule has 0 amide bonds. The Bertz CT molecular complexity index is 3830. The van der Waals surface area contributed by atoms with Gasteiger partial charge in [-0.25, -0.2) is 0 Å². The molecule has 1 aliphatic carbocycles. The van der Waals surface area contributed by atoms with Crippen molar-refractivity contribution >= 4 is 27.8 Å². The van der Waals surface area contributed by atoms with Crippen molar-refractivity contribution in [3.8, 4) is 66.8 Å². The van der Waals surface area contributed by atoms with Gasteiger partial charge in [0.05, 0.1) is 5.41 Å². The molecule has 1 heteroatoms. The molecule has 0 radical (unpaired) electrons. The first-order chi connectivity index (χ1) is 35.7. The maximum atomic E-state index is 2.39. The first kappa shape index (κ1) is 42.8. The van der Waals surface area contributed by atoms with Crippen LogP contribution in [0.5, 0.6) is 0 Å². The Morgan fingerprint density at radius 1 is 0.236 bits per heavy atom. The molecule has 0 aliphatic heterocycles. The van der Waals surface area contributed by atoms with E-state index < -0.39 is 5.41 Å². The number of benzene rings is 12. The van der Waals surface area contributed by atoms with Gasteiger partial charge in [0.25, 0.3) is 0 Å². The van der Waals surface area contributed by atoms with Crippen molar-refractivity contribution in [2.45, 2.75) is 5.41 Å². The van der Waals surface area contributed by atoms with Gasteiger partial charge in [-0.3, -0.25) is 0 Å². The van der Waals surface area contributed by atoms with Crippen LogP contribution in [0.15, 0.2) is 297 Å². The van der Waals surface area contributed by atoms with E-state index in [9.17, 15) is 0 Å². The van der Waals surface area contributed by atoms with Crippen LogP contribution in [0.25, 0.3) is 77.5 Å².